The molecule has 2 atom stereocenters. The highest BCUT2D eigenvalue weighted by molar-refractivity contribution is 5.92. The predicted molar refractivity (Wildman–Crippen MR) is 90.9 cm³/mol. The van der Waals surface area contributed by atoms with Gasteiger partial charge in [-0.05, 0) is 49.7 Å². The molecule has 0 radical (unpaired) electrons. The maximum absolute atomic E-state index is 13.4. The van der Waals surface area contributed by atoms with Crippen molar-refractivity contribution in [3.63, 3.8) is 0 Å². The molecule has 2 bridgehead atoms. The third-order valence-electron chi connectivity index (χ3n) is 4.99. The van der Waals surface area contributed by atoms with Gasteiger partial charge in [-0.25, -0.2) is 4.39 Å². The molecule has 2 unspecified atom stereocenters. The van der Waals surface area contributed by atoms with Crippen LogP contribution in [0.4, 0.5) is 10.1 Å². The van der Waals surface area contributed by atoms with Gasteiger partial charge >= 0.3 is 0 Å². The molecule has 2 aliphatic rings. The molecule has 1 aromatic heterocycles. The summed E-state index contributed by atoms with van der Waals surface area (Å²) in [4.78, 5) is 4.72. The van der Waals surface area contributed by atoms with Gasteiger partial charge in [0.25, 0.3) is 0 Å². The van der Waals surface area contributed by atoms with E-state index >= 15 is 0 Å². The van der Waals surface area contributed by atoms with Gasteiger partial charge in [-0.3, -0.25) is 4.98 Å². The maximum Gasteiger partial charge on any atom is 0.125 e. The lowest BCUT2D eigenvalue weighted by Crippen LogP contribution is -2.24. The van der Waals surface area contributed by atoms with Crippen LogP contribution in [0.5, 0.6) is 0 Å². The highest BCUT2D eigenvalue weighted by atomic mass is 35.5. The molecular formula is C18H20ClFN2. The van der Waals surface area contributed by atoms with E-state index in [1.165, 1.54) is 24.1 Å². The quantitative estimate of drug-likeness (QED) is 0.770. The first-order valence-corrected chi connectivity index (χ1v) is 7.72. The second-order valence-electron chi connectivity index (χ2n) is 6.33. The van der Waals surface area contributed by atoms with Crippen molar-refractivity contribution in [2.45, 2.75) is 38.5 Å². The lowest BCUT2D eigenvalue weighted by Gasteiger charge is -2.35. The van der Waals surface area contributed by atoms with Crippen LogP contribution in [0.3, 0.4) is 0 Å². The molecule has 4 heteroatoms. The number of pyridine rings is 1. The highest BCUT2D eigenvalue weighted by Gasteiger charge is 2.33. The summed E-state index contributed by atoms with van der Waals surface area (Å²) < 4.78 is 13.4. The first-order valence-electron chi connectivity index (χ1n) is 7.72. The fraction of sp³-hybridized carbons (Fsp3) is 0.389. The van der Waals surface area contributed by atoms with Crippen LogP contribution in [0.1, 0.15) is 43.4 Å². The molecule has 22 heavy (non-hydrogen) atoms. The standard InChI is InChI=1S/C18H19FN2.ClH/c1-2-10-5-11-7-12(6-10)17-16(8-11)21-15-9-13(19)3-4-14(15)18(17)20;/h3-5,9,11-12H,2,6-8H2,1H3,(H2,20,21);1H. The van der Waals surface area contributed by atoms with E-state index in [1.54, 1.807) is 11.6 Å². The van der Waals surface area contributed by atoms with E-state index in [1.807, 2.05) is 0 Å². The van der Waals surface area contributed by atoms with Crippen molar-refractivity contribution in [3.8, 4) is 0 Å². The maximum atomic E-state index is 13.4. The summed E-state index contributed by atoms with van der Waals surface area (Å²) in [5.41, 5.74) is 11.8. The first kappa shape index (κ1) is 15.3. The molecule has 116 valence electrons. The highest BCUT2D eigenvalue weighted by Crippen LogP contribution is 2.46. The minimum Gasteiger partial charge on any atom is -0.398 e. The number of anilines is 1. The fourth-order valence-corrected chi connectivity index (χ4v) is 4.05. The third-order valence-corrected chi connectivity index (χ3v) is 4.99. The zero-order valence-corrected chi connectivity index (χ0v) is 13.4. The van der Waals surface area contributed by atoms with Gasteiger partial charge in [-0.1, -0.05) is 18.6 Å². The Morgan fingerprint density at radius 1 is 1.32 bits per heavy atom. The van der Waals surface area contributed by atoms with Gasteiger partial charge in [0.2, 0.25) is 0 Å². The van der Waals surface area contributed by atoms with E-state index < -0.39 is 0 Å². The average molecular weight is 319 g/mol. The Bertz CT molecular complexity index is 769. The van der Waals surface area contributed by atoms with Gasteiger partial charge in [-0.2, -0.15) is 0 Å². The van der Waals surface area contributed by atoms with Crippen LogP contribution >= 0.6 is 12.4 Å². The van der Waals surface area contributed by atoms with E-state index in [0.29, 0.717) is 17.4 Å². The van der Waals surface area contributed by atoms with Crippen molar-refractivity contribution in [3.05, 3.63) is 46.9 Å². The number of benzene rings is 1. The van der Waals surface area contributed by atoms with Gasteiger partial charge in [0.1, 0.15) is 5.82 Å². The van der Waals surface area contributed by atoms with Crippen molar-refractivity contribution in [2.75, 3.05) is 5.73 Å². The van der Waals surface area contributed by atoms with Crippen LogP contribution in [0.25, 0.3) is 10.9 Å². The molecule has 4 rings (SSSR count). The minimum absolute atomic E-state index is 0. The van der Waals surface area contributed by atoms with Gasteiger partial charge in [-0.15, -0.1) is 12.4 Å². The Balaban J connectivity index is 0.00000144. The monoisotopic (exact) mass is 318 g/mol. The van der Waals surface area contributed by atoms with E-state index in [2.05, 4.69) is 13.0 Å². The van der Waals surface area contributed by atoms with E-state index in [9.17, 15) is 4.39 Å². The number of fused-ring (bicyclic) bond motifs is 5. The molecule has 0 spiro atoms. The van der Waals surface area contributed by atoms with Crippen LogP contribution in [-0.2, 0) is 6.42 Å². The van der Waals surface area contributed by atoms with Crippen molar-refractivity contribution >= 4 is 29.0 Å². The van der Waals surface area contributed by atoms with Gasteiger partial charge in [0, 0.05) is 28.4 Å². The Labute approximate surface area is 136 Å². The molecule has 0 saturated heterocycles. The summed E-state index contributed by atoms with van der Waals surface area (Å²) in [7, 11) is 0. The summed E-state index contributed by atoms with van der Waals surface area (Å²) in [6.07, 6.45) is 6.75. The fourth-order valence-electron chi connectivity index (χ4n) is 4.05. The number of aromatic nitrogens is 1. The number of nitrogens with zero attached hydrogens (tertiary/aromatic N) is 1. The van der Waals surface area contributed by atoms with Crippen molar-refractivity contribution < 1.29 is 4.39 Å². The van der Waals surface area contributed by atoms with E-state index in [0.717, 1.165) is 36.0 Å². The molecule has 0 aliphatic heterocycles. The van der Waals surface area contributed by atoms with Gasteiger partial charge in [0.15, 0.2) is 0 Å². The molecule has 2 aliphatic carbocycles. The molecule has 2 nitrogen and oxygen atoms in total. The van der Waals surface area contributed by atoms with Crippen LogP contribution in [0.15, 0.2) is 29.8 Å². The van der Waals surface area contributed by atoms with Gasteiger partial charge < -0.3 is 5.73 Å². The Kier molecular flexibility index (Phi) is 3.85. The molecule has 2 aromatic rings. The minimum atomic E-state index is -0.251. The first-order chi connectivity index (χ1) is 10.2. The van der Waals surface area contributed by atoms with Crippen LogP contribution < -0.4 is 5.73 Å². The van der Waals surface area contributed by atoms with Crippen LogP contribution in [0, 0.1) is 11.7 Å². The number of hydrogen-bond acceptors (Lipinski definition) is 2. The topological polar surface area (TPSA) is 38.9 Å². The second-order valence-corrected chi connectivity index (χ2v) is 6.33. The largest absolute Gasteiger partial charge is 0.398 e. The number of rotatable bonds is 1. The van der Waals surface area contributed by atoms with Crippen LogP contribution in [0.2, 0.25) is 0 Å². The SMILES string of the molecule is CCC1=CC2Cc3nc4cc(F)ccc4c(N)c3C(C1)C2.Cl. The number of allylic oxidation sites excluding steroid dienone is 2. The summed E-state index contributed by atoms with van der Waals surface area (Å²) in [6, 6.07) is 4.72. The molecular weight excluding hydrogens is 299 g/mol. The number of halogens is 2. The zero-order chi connectivity index (χ0) is 14.6. The number of hydrogen-bond donors (Lipinski definition) is 1. The molecule has 0 amide bonds. The average Bonchev–Trinajstić information content (AvgIpc) is 2.46. The lowest BCUT2D eigenvalue weighted by atomic mass is 9.70. The third kappa shape index (κ3) is 2.28. The summed E-state index contributed by atoms with van der Waals surface area (Å²) >= 11 is 0. The summed E-state index contributed by atoms with van der Waals surface area (Å²) in [5, 5.41) is 0.890. The predicted octanol–water partition coefficient (Wildman–Crippen LogP) is 4.76. The molecule has 2 N–H and O–H groups in total. The van der Waals surface area contributed by atoms with Gasteiger partial charge in [0.05, 0.1) is 5.52 Å². The molecule has 0 saturated carbocycles. The summed E-state index contributed by atoms with van der Waals surface area (Å²) in [5.74, 6) is 0.809. The van der Waals surface area contributed by atoms with E-state index in [-0.39, 0.29) is 18.2 Å². The summed E-state index contributed by atoms with van der Waals surface area (Å²) in [6.45, 7) is 2.22. The van der Waals surface area contributed by atoms with Crippen molar-refractivity contribution in [1.82, 2.24) is 4.98 Å². The number of nitrogens with two attached hydrogens (primary N) is 1. The lowest BCUT2D eigenvalue weighted by molar-refractivity contribution is 0.429. The number of nitrogen functional groups attached to an aromatic ring is 1. The zero-order valence-electron chi connectivity index (χ0n) is 12.6. The Morgan fingerprint density at radius 2 is 2.14 bits per heavy atom. The Hall–Kier alpha value is -1.61. The second kappa shape index (κ2) is 5.54. The molecule has 1 heterocycles. The smallest absolute Gasteiger partial charge is 0.125 e. The molecule has 0 fully saturated rings. The van der Waals surface area contributed by atoms with Crippen molar-refractivity contribution in [2.24, 2.45) is 5.92 Å². The van der Waals surface area contributed by atoms with Crippen molar-refractivity contribution in [1.29, 1.82) is 0 Å². The van der Waals surface area contributed by atoms with E-state index in [4.69, 9.17) is 10.7 Å². The van der Waals surface area contributed by atoms with Crippen LogP contribution in [-0.4, -0.2) is 4.98 Å². The normalized spacial score (nSPS) is 22.7. The molecule has 1 aromatic carbocycles. The Morgan fingerprint density at radius 3 is 2.91 bits per heavy atom.